The fourth-order valence-electron chi connectivity index (χ4n) is 2.87. The molecule has 1 heterocycles. The zero-order valence-corrected chi connectivity index (χ0v) is 13.6. The molecule has 1 aromatic carbocycles. The molecule has 1 fully saturated rings. The van der Waals surface area contributed by atoms with Gasteiger partial charge < -0.3 is 15.3 Å². The quantitative estimate of drug-likeness (QED) is 0.837. The summed E-state index contributed by atoms with van der Waals surface area (Å²) in [6, 6.07) is 4.35. The van der Waals surface area contributed by atoms with Crippen LogP contribution in [0.2, 0.25) is 0 Å². The van der Waals surface area contributed by atoms with Gasteiger partial charge in [0.2, 0.25) is 0 Å². The summed E-state index contributed by atoms with van der Waals surface area (Å²) in [5, 5.41) is 12.0. The van der Waals surface area contributed by atoms with Gasteiger partial charge in [-0.3, -0.25) is 9.59 Å². The second-order valence-corrected chi connectivity index (χ2v) is 6.17. The number of anilines is 1. The lowest BCUT2D eigenvalue weighted by atomic mass is 9.77. The van der Waals surface area contributed by atoms with Crippen LogP contribution in [0.5, 0.6) is 0 Å². The highest BCUT2D eigenvalue weighted by molar-refractivity contribution is 6.39. The summed E-state index contributed by atoms with van der Waals surface area (Å²) >= 11 is 0. The van der Waals surface area contributed by atoms with E-state index >= 15 is 0 Å². The third-order valence-corrected chi connectivity index (χ3v) is 4.91. The van der Waals surface area contributed by atoms with Gasteiger partial charge in [-0.05, 0) is 43.7 Å². The summed E-state index contributed by atoms with van der Waals surface area (Å²) in [5.74, 6) is -1.80. The first-order chi connectivity index (χ1) is 10.9. The summed E-state index contributed by atoms with van der Waals surface area (Å²) in [6.07, 6.45) is 2.20. The molecule has 0 aromatic heterocycles. The molecule has 126 valence electrons. The number of benzene rings is 1. The van der Waals surface area contributed by atoms with Crippen LogP contribution in [0.4, 0.5) is 10.1 Å². The molecule has 2 amide bonds. The molecule has 1 aliphatic rings. The molecule has 2 N–H and O–H groups in total. The van der Waals surface area contributed by atoms with Crippen molar-refractivity contribution < 1.29 is 19.1 Å². The van der Waals surface area contributed by atoms with Crippen molar-refractivity contribution in [2.75, 3.05) is 25.0 Å². The van der Waals surface area contributed by atoms with Crippen LogP contribution in [0.3, 0.4) is 0 Å². The standard InChI is InChI=1S/C17H23FN2O3/c1-3-17(11-21)7-9-20(10-8-17)16(23)15(22)19-14-6-4-5-13(18)12(14)2/h4-6,21H,3,7-11H2,1-2H3,(H,19,22). The number of rotatable bonds is 3. The van der Waals surface area contributed by atoms with Crippen LogP contribution in [0.25, 0.3) is 0 Å². The van der Waals surface area contributed by atoms with Crippen molar-refractivity contribution in [2.45, 2.75) is 33.1 Å². The third kappa shape index (κ3) is 3.69. The number of likely N-dealkylation sites (tertiary alicyclic amines) is 1. The maximum absolute atomic E-state index is 13.5. The highest BCUT2D eigenvalue weighted by Crippen LogP contribution is 2.34. The summed E-state index contributed by atoms with van der Waals surface area (Å²) in [7, 11) is 0. The molecule has 5 nitrogen and oxygen atoms in total. The van der Waals surface area contributed by atoms with Crippen LogP contribution in [-0.2, 0) is 9.59 Å². The van der Waals surface area contributed by atoms with E-state index < -0.39 is 17.6 Å². The number of nitrogens with zero attached hydrogens (tertiary/aromatic N) is 1. The van der Waals surface area contributed by atoms with Gasteiger partial charge in [0.25, 0.3) is 0 Å². The highest BCUT2D eigenvalue weighted by atomic mass is 19.1. The number of hydrogen-bond acceptors (Lipinski definition) is 3. The molecule has 2 rings (SSSR count). The number of hydrogen-bond donors (Lipinski definition) is 2. The molecule has 1 aliphatic heterocycles. The predicted octanol–water partition coefficient (Wildman–Crippen LogP) is 2.08. The van der Waals surface area contributed by atoms with Crippen molar-refractivity contribution in [1.82, 2.24) is 4.90 Å². The number of halogens is 1. The molecule has 1 aromatic rings. The zero-order chi connectivity index (χ0) is 17.0. The molecule has 1 saturated heterocycles. The summed E-state index contributed by atoms with van der Waals surface area (Å²) < 4.78 is 13.5. The molecule has 6 heteroatoms. The van der Waals surface area contributed by atoms with Gasteiger partial charge in [0, 0.05) is 30.9 Å². The van der Waals surface area contributed by atoms with Crippen LogP contribution >= 0.6 is 0 Å². The molecular weight excluding hydrogens is 299 g/mol. The van der Waals surface area contributed by atoms with Crippen molar-refractivity contribution in [2.24, 2.45) is 5.41 Å². The van der Waals surface area contributed by atoms with E-state index in [1.807, 2.05) is 6.92 Å². The summed E-state index contributed by atoms with van der Waals surface area (Å²) in [5.41, 5.74) is 0.461. The number of carbonyl (C=O) groups is 2. The molecule has 0 bridgehead atoms. The van der Waals surface area contributed by atoms with Gasteiger partial charge in [0.1, 0.15) is 5.82 Å². The smallest absolute Gasteiger partial charge is 0.313 e. The Morgan fingerprint density at radius 2 is 2.00 bits per heavy atom. The highest BCUT2D eigenvalue weighted by Gasteiger charge is 2.35. The molecule has 0 aliphatic carbocycles. The number of nitrogens with one attached hydrogen (secondary N) is 1. The molecule has 0 unspecified atom stereocenters. The van der Waals surface area contributed by atoms with Crippen LogP contribution < -0.4 is 5.32 Å². The summed E-state index contributed by atoms with van der Waals surface area (Å²) in [4.78, 5) is 25.8. The van der Waals surface area contributed by atoms with Gasteiger partial charge in [0.15, 0.2) is 0 Å². The molecule has 0 saturated carbocycles. The largest absolute Gasteiger partial charge is 0.396 e. The first kappa shape index (κ1) is 17.4. The van der Waals surface area contributed by atoms with Crippen molar-refractivity contribution in [3.8, 4) is 0 Å². The fraction of sp³-hybridized carbons (Fsp3) is 0.529. The van der Waals surface area contributed by atoms with Gasteiger partial charge in [-0.1, -0.05) is 13.0 Å². The van der Waals surface area contributed by atoms with Gasteiger partial charge in [-0.2, -0.15) is 0 Å². The number of carbonyl (C=O) groups excluding carboxylic acids is 2. The Hall–Kier alpha value is -1.95. The van der Waals surface area contributed by atoms with Gasteiger partial charge in [-0.15, -0.1) is 0 Å². The lowest BCUT2D eigenvalue weighted by Gasteiger charge is -2.39. The second kappa shape index (κ2) is 7.08. The molecule has 0 spiro atoms. The van der Waals surface area contributed by atoms with Crippen molar-refractivity contribution in [3.05, 3.63) is 29.6 Å². The Balaban J connectivity index is 1.99. The Labute approximate surface area is 135 Å². The van der Waals surface area contributed by atoms with Crippen molar-refractivity contribution in [3.63, 3.8) is 0 Å². The van der Waals surface area contributed by atoms with E-state index in [2.05, 4.69) is 5.32 Å². The molecule has 23 heavy (non-hydrogen) atoms. The average molecular weight is 322 g/mol. The van der Waals surface area contributed by atoms with Gasteiger partial charge in [-0.25, -0.2) is 4.39 Å². The lowest BCUT2D eigenvalue weighted by molar-refractivity contribution is -0.145. The first-order valence-electron chi connectivity index (χ1n) is 7.88. The fourth-order valence-corrected chi connectivity index (χ4v) is 2.87. The number of piperidine rings is 1. The third-order valence-electron chi connectivity index (χ3n) is 4.91. The topological polar surface area (TPSA) is 69.6 Å². The van der Waals surface area contributed by atoms with Crippen molar-refractivity contribution >= 4 is 17.5 Å². The van der Waals surface area contributed by atoms with E-state index in [0.717, 1.165) is 6.42 Å². The van der Waals surface area contributed by atoms with E-state index in [0.29, 0.717) is 37.2 Å². The normalized spacial score (nSPS) is 17.0. The minimum absolute atomic E-state index is 0.0974. The van der Waals surface area contributed by atoms with Crippen LogP contribution in [-0.4, -0.2) is 41.5 Å². The zero-order valence-electron chi connectivity index (χ0n) is 13.6. The minimum Gasteiger partial charge on any atom is -0.396 e. The second-order valence-electron chi connectivity index (χ2n) is 6.17. The number of aliphatic hydroxyl groups is 1. The Morgan fingerprint density at radius 3 is 2.57 bits per heavy atom. The Morgan fingerprint density at radius 1 is 1.35 bits per heavy atom. The van der Waals surface area contributed by atoms with E-state index in [4.69, 9.17) is 0 Å². The van der Waals surface area contributed by atoms with Crippen LogP contribution in [0, 0.1) is 18.2 Å². The number of aliphatic hydroxyl groups excluding tert-OH is 1. The maximum atomic E-state index is 13.5. The van der Waals surface area contributed by atoms with E-state index in [1.54, 1.807) is 13.0 Å². The molecule has 0 radical (unpaired) electrons. The maximum Gasteiger partial charge on any atom is 0.313 e. The Bertz CT molecular complexity index is 590. The predicted molar refractivity (Wildman–Crippen MR) is 85.4 cm³/mol. The summed E-state index contributed by atoms with van der Waals surface area (Å²) in [6.45, 7) is 4.56. The first-order valence-corrected chi connectivity index (χ1v) is 7.88. The van der Waals surface area contributed by atoms with E-state index in [-0.39, 0.29) is 12.0 Å². The van der Waals surface area contributed by atoms with Crippen LogP contribution in [0.15, 0.2) is 18.2 Å². The molecular formula is C17H23FN2O3. The van der Waals surface area contributed by atoms with E-state index in [9.17, 15) is 19.1 Å². The average Bonchev–Trinajstić information content (AvgIpc) is 2.58. The Kier molecular flexibility index (Phi) is 5.36. The number of amides is 2. The molecule has 0 atom stereocenters. The van der Waals surface area contributed by atoms with Crippen LogP contribution in [0.1, 0.15) is 31.7 Å². The SMILES string of the molecule is CCC1(CO)CCN(C(=O)C(=O)Nc2cccc(F)c2C)CC1. The van der Waals surface area contributed by atoms with E-state index in [1.165, 1.54) is 17.0 Å². The lowest BCUT2D eigenvalue weighted by Crippen LogP contribution is -2.48. The minimum atomic E-state index is -0.758. The van der Waals surface area contributed by atoms with Gasteiger partial charge in [0.05, 0.1) is 0 Å². The monoisotopic (exact) mass is 322 g/mol. The van der Waals surface area contributed by atoms with Crippen molar-refractivity contribution in [1.29, 1.82) is 0 Å². The van der Waals surface area contributed by atoms with Gasteiger partial charge >= 0.3 is 11.8 Å².